The van der Waals surface area contributed by atoms with Crippen molar-refractivity contribution in [2.75, 3.05) is 57.1 Å². The average Bonchev–Trinajstić information content (AvgIpc) is 3.76. The molecule has 0 spiro atoms. The largest absolute Gasteiger partial charge is 0.491 e. The summed E-state index contributed by atoms with van der Waals surface area (Å²) in [6, 6.07) is 7.75. The molecule has 1 saturated heterocycles. The second-order valence-corrected chi connectivity index (χ2v) is 10.9. The Hall–Kier alpha value is -4.72. The molecule has 0 bridgehead atoms. The van der Waals surface area contributed by atoms with Gasteiger partial charge in [-0.2, -0.15) is 14.6 Å². The van der Waals surface area contributed by atoms with E-state index in [0.717, 1.165) is 0 Å². The highest BCUT2D eigenvalue weighted by molar-refractivity contribution is 5.92. The third kappa shape index (κ3) is 5.57. The number of anilines is 2. The second-order valence-electron chi connectivity index (χ2n) is 10.9. The van der Waals surface area contributed by atoms with E-state index in [9.17, 15) is 9.18 Å². The van der Waals surface area contributed by atoms with Crippen LogP contribution < -0.4 is 15.4 Å². The summed E-state index contributed by atoms with van der Waals surface area (Å²) in [5, 5.41) is 9.67. The number of hydrogen-bond acceptors (Lipinski definition) is 10. The Balaban J connectivity index is 1.22. The number of benzene rings is 1. The minimum absolute atomic E-state index is 0.0706. The fourth-order valence-electron chi connectivity index (χ4n) is 5.37. The summed E-state index contributed by atoms with van der Waals surface area (Å²) >= 11 is 0. The molecule has 5 aromatic rings. The smallest absolute Gasteiger partial charge is 0.247 e. The van der Waals surface area contributed by atoms with Gasteiger partial charge in [0.1, 0.15) is 24.2 Å². The predicted octanol–water partition coefficient (Wildman–Crippen LogP) is 3.42. The van der Waals surface area contributed by atoms with E-state index < -0.39 is 6.04 Å². The summed E-state index contributed by atoms with van der Waals surface area (Å²) < 4.78 is 34.0. The van der Waals surface area contributed by atoms with E-state index in [0.29, 0.717) is 85.5 Å². The van der Waals surface area contributed by atoms with Crippen molar-refractivity contribution in [3.05, 3.63) is 48.6 Å². The molecule has 1 aromatic carbocycles. The molecule has 226 valence electrons. The number of ether oxygens (including phenoxy) is 2. The van der Waals surface area contributed by atoms with Crippen molar-refractivity contribution in [1.29, 1.82) is 0 Å². The van der Waals surface area contributed by atoms with Gasteiger partial charge in [-0.25, -0.2) is 14.1 Å². The number of fused-ring (bicyclic) bond motifs is 3. The summed E-state index contributed by atoms with van der Waals surface area (Å²) in [6.07, 6.45) is 3.73. The number of amides is 1. The van der Waals surface area contributed by atoms with Crippen molar-refractivity contribution < 1.29 is 23.1 Å². The lowest BCUT2D eigenvalue weighted by Gasteiger charge is -2.38. The first-order valence-electron chi connectivity index (χ1n) is 14.2. The molecule has 6 rings (SSSR count). The summed E-state index contributed by atoms with van der Waals surface area (Å²) in [6.45, 7) is 6.74. The number of nitrogens with zero attached hydrogens (tertiary/aromatic N) is 8. The molecule has 1 atom stereocenters. The lowest BCUT2D eigenvalue weighted by atomic mass is 10.0. The topological polar surface area (TPSA) is 142 Å². The van der Waals surface area contributed by atoms with Gasteiger partial charge in [-0.15, -0.1) is 5.10 Å². The molecule has 5 heterocycles. The number of carbonyl (C=O) groups is 1. The van der Waals surface area contributed by atoms with E-state index in [-0.39, 0.29) is 23.6 Å². The molecule has 1 aliphatic heterocycles. The molecular weight excluding hydrogens is 557 g/mol. The van der Waals surface area contributed by atoms with Crippen molar-refractivity contribution in [2.24, 2.45) is 5.92 Å². The Labute approximate surface area is 247 Å². The molecule has 4 aromatic heterocycles. The molecule has 0 saturated carbocycles. The molecule has 1 fully saturated rings. The van der Waals surface area contributed by atoms with Crippen LogP contribution in [-0.4, -0.2) is 86.7 Å². The maximum absolute atomic E-state index is 15.0. The molecular formula is C29H34FN9O4. The summed E-state index contributed by atoms with van der Waals surface area (Å²) in [7, 11) is 1.58. The number of carbonyl (C=O) groups excluding carboxylic acids is 1. The second kappa shape index (κ2) is 11.9. The Kier molecular flexibility index (Phi) is 7.84. The van der Waals surface area contributed by atoms with Gasteiger partial charge >= 0.3 is 0 Å². The molecule has 1 unspecified atom stereocenters. The number of furan rings is 1. The zero-order valence-corrected chi connectivity index (χ0v) is 24.3. The van der Waals surface area contributed by atoms with Gasteiger partial charge in [0.25, 0.3) is 0 Å². The molecule has 13 nitrogen and oxygen atoms in total. The van der Waals surface area contributed by atoms with Crippen LogP contribution in [0.15, 0.2) is 47.2 Å². The first kappa shape index (κ1) is 28.4. The molecule has 14 heteroatoms. The van der Waals surface area contributed by atoms with Crippen LogP contribution in [0.25, 0.3) is 28.3 Å². The zero-order chi connectivity index (χ0) is 30.1. The monoisotopic (exact) mass is 591 g/mol. The van der Waals surface area contributed by atoms with Crippen LogP contribution in [0, 0.1) is 11.7 Å². The molecule has 2 N–H and O–H groups in total. The third-order valence-corrected chi connectivity index (χ3v) is 7.48. The van der Waals surface area contributed by atoms with E-state index in [4.69, 9.17) is 19.6 Å². The normalized spacial score (nSPS) is 14.7. The maximum Gasteiger partial charge on any atom is 0.247 e. The summed E-state index contributed by atoms with van der Waals surface area (Å²) in [5.74, 6) is 1.21. The lowest BCUT2D eigenvalue weighted by molar-refractivity contribution is -0.135. The molecule has 43 heavy (non-hydrogen) atoms. The number of hydrogen-bond donors (Lipinski definition) is 1. The van der Waals surface area contributed by atoms with Crippen molar-refractivity contribution in [3.63, 3.8) is 0 Å². The molecule has 0 radical (unpaired) electrons. The SMILES string of the molecule is COCCOc1ccc(N2CCN(C(=O)C(CC(C)C)n3ncc4c3nc(N)n3nc(-c5ccco5)nc43)CC2)c(F)c1. The number of rotatable bonds is 10. The van der Waals surface area contributed by atoms with E-state index in [2.05, 4.69) is 34.0 Å². The quantitative estimate of drug-likeness (QED) is 0.240. The van der Waals surface area contributed by atoms with Crippen molar-refractivity contribution >= 4 is 34.2 Å². The summed E-state index contributed by atoms with van der Waals surface area (Å²) in [5.41, 5.74) is 7.70. The van der Waals surface area contributed by atoms with E-state index in [1.165, 1.54) is 10.6 Å². The van der Waals surface area contributed by atoms with E-state index in [1.807, 2.05) is 9.80 Å². The van der Waals surface area contributed by atoms with Crippen LogP contribution in [0.2, 0.25) is 0 Å². The predicted molar refractivity (Wildman–Crippen MR) is 157 cm³/mol. The van der Waals surface area contributed by atoms with Crippen LogP contribution in [0.1, 0.15) is 26.3 Å². The number of halogens is 1. The van der Waals surface area contributed by atoms with Crippen molar-refractivity contribution in [1.82, 2.24) is 34.3 Å². The Bertz CT molecular complexity index is 1730. The van der Waals surface area contributed by atoms with Gasteiger partial charge in [0.15, 0.2) is 17.1 Å². The third-order valence-electron chi connectivity index (χ3n) is 7.48. The van der Waals surface area contributed by atoms with Gasteiger partial charge in [-0.3, -0.25) is 4.79 Å². The van der Waals surface area contributed by atoms with Crippen molar-refractivity contribution in [2.45, 2.75) is 26.3 Å². The maximum atomic E-state index is 15.0. The van der Waals surface area contributed by atoms with Crippen LogP contribution in [0.3, 0.4) is 0 Å². The number of nitrogen functional groups attached to an aromatic ring is 1. The van der Waals surface area contributed by atoms with E-state index >= 15 is 0 Å². The fraction of sp³-hybridized carbons (Fsp3) is 0.414. The summed E-state index contributed by atoms with van der Waals surface area (Å²) in [4.78, 5) is 27.0. The minimum Gasteiger partial charge on any atom is -0.491 e. The van der Waals surface area contributed by atoms with Crippen LogP contribution in [0.5, 0.6) is 5.75 Å². The van der Waals surface area contributed by atoms with Gasteiger partial charge in [-0.05, 0) is 36.6 Å². The highest BCUT2D eigenvalue weighted by Crippen LogP contribution is 2.30. The molecule has 0 aliphatic carbocycles. The lowest BCUT2D eigenvalue weighted by Crippen LogP contribution is -2.51. The number of nitrogens with two attached hydrogens (primary N) is 1. The minimum atomic E-state index is -0.605. The Morgan fingerprint density at radius 3 is 2.63 bits per heavy atom. The number of piperazine rings is 1. The highest BCUT2D eigenvalue weighted by Gasteiger charge is 2.32. The van der Waals surface area contributed by atoms with Gasteiger partial charge in [0.2, 0.25) is 17.7 Å². The van der Waals surface area contributed by atoms with Gasteiger partial charge < -0.3 is 29.4 Å². The van der Waals surface area contributed by atoms with Gasteiger partial charge in [0, 0.05) is 39.4 Å². The Morgan fingerprint density at radius 1 is 1.12 bits per heavy atom. The molecule has 1 aliphatic rings. The van der Waals surface area contributed by atoms with E-state index in [1.54, 1.807) is 48.5 Å². The van der Waals surface area contributed by atoms with Crippen LogP contribution in [0.4, 0.5) is 16.0 Å². The van der Waals surface area contributed by atoms with Crippen LogP contribution >= 0.6 is 0 Å². The number of aromatic nitrogens is 6. The standard InChI is InChI=1S/C29H34FN9O4/c1-18(2)15-23(28(40)37-10-8-36(9-11-37)22-7-6-19(16-21(22)30)42-14-13-41-3)38-27-20(17-32-38)26-33-25(24-5-4-12-43-24)35-39(26)29(31)34-27/h4-7,12,16-18,23H,8-11,13-15H2,1-3H3,(H2,31,34). The average molecular weight is 592 g/mol. The van der Waals surface area contributed by atoms with Gasteiger partial charge in [-0.1, -0.05) is 13.8 Å². The number of methoxy groups -OCH3 is 1. The first-order chi connectivity index (χ1) is 20.8. The van der Waals surface area contributed by atoms with Gasteiger partial charge in [0.05, 0.1) is 30.1 Å². The zero-order valence-electron chi connectivity index (χ0n) is 24.3. The fourth-order valence-corrected chi connectivity index (χ4v) is 5.37. The van der Waals surface area contributed by atoms with Crippen LogP contribution in [-0.2, 0) is 9.53 Å². The Morgan fingerprint density at radius 2 is 1.93 bits per heavy atom. The highest BCUT2D eigenvalue weighted by atomic mass is 19.1. The first-order valence-corrected chi connectivity index (χ1v) is 14.2. The molecule has 1 amide bonds. The van der Waals surface area contributed by atoms with Crippen molar-refractivity contribution in [3.8, 4) is 17.3 Å².